The van der Waals surface area contributed by atoms with Crippen molar-refractivity contribution in [3.63, 3.8) is 0 Å². The Balaban J connectivity index is 1.94. The zero-order valence-corrected chi connectivity index (χ0v) is 14.8. The van der Waals surface area contributed by atoms with Crippen molar-refractivity contribution in [2.45, 2.75) is 64.6 Å². The highest BCUT2D eigenvalue weighted by molar-refractivity contribution is 5.95. The molecule has 0 aromatic carbocycles. The summed E-state index contributed by atoms with van der Waals surface area (Å²) in [7, 11) is 0. The van der Waals surface area contributed by atoms with E-state index >= 15 is 0 Å². The number of amides is 2. The number of hydrogen-bond donors (Lipinski definition) is 2. The number of nitrogens with zero attached hydrogens (tertiary/aromatic N) is 3. The minimum Gasteiger partial charge on any atom is -0.480 e. The van der Waals surface area contributed by atoms with Crippen molar-refractivity contribution in [3.8, 4) is 0 Å². The highest BCUT2D eigenvalue weighted by Crippen LogP contribution is 2.17. The molecule has 1 aliphatic carbocycles. The predicted octanol–water partition coefficient (Wildman–Crippen LogP) is 1.27. The van der Waals surface area contributed by atoms with Gasteiger partial charge in [-0.2, -0.15) is 5.10 Å². The minimum absolute atomic E-state index is 0.0460. The Morgan fingerprint density at radius 1 is 1.32 bits per heavy atom. The molecule has 0 saturated heterocycles. The molecule has 1 heterocycles. The van der Waals surface area contributed by atoms with Crippen LogP contribution in [0.2, 0.25) is 0 Å². The average Bonchev–Trinajstić information content (AvgIpc) is 3.00. The Labute approximate surface area is 147 Å². The molecule has 2 amide bonds. The second-order valence-corrected chi connectivity index (χ2v) is 6.75. The standard InChI is InChI=1S/C17H26N4O4/c1-12(2)21(11-16(23)24)17(25)13-8-18-20(9-13)10-15(22)19-14-6-4-3-5-7-14/h8-9,12,14H,3-7,10-11H2,1-2H3,(H,19,22)(H,23,24). The lowest BCUT2D eigenvalue weighted by Crippen LogP contribution is -2.40. The summed E-state index contributed by atoms with van der Waals surface area (Å²) in [5.74, 6) is -1.60. The normalized spacial score (nSPS) is 15.2. The molecular weight excluding hydrogens is 324 g/mol. The fraction of sp³-hybridized carbons (Fsp3) is 0.647. The third kappa shape index (κ3) is 5.58. The Bertz CT molecular complexity index is 620. The van der Waals surface area contributed by atoms with Crippen molar-refractivity contribution >= 4 is 17.8 Å². The number of aliphatic carboxylic acids is 1. The number of rotatable bonds is 7. The molecule has 8 nitrogen and oxygen atoms in total. The molecule has 0 atom stereocenters. The van der Waals surface area contributed by atoms with Crippen molar-refractivity contribution in [2.75, 3.05) is 6.54 Å². The molecule has 2 rings (SSSR count). The molecule has 1 saturated carbocycles. The molecule has 0 radical (unpaired) electrons. The maximum atomic E-state index is 12.4. The Kier molecular flexibility index (Phi) is 6.55. The second kappa shape index (κ2) is 8.64. The Morgan fingerprint density at radius 2 is 2.00 bits per heavy atom. The van der Waals surface area contributed by atoms with E-state index in [0.717, 1.165) is 25.7 Å². The average molecular weight is 350 g/mol. The molecule has 138 valence electrons. The second-order valence-electron chi connectivity index (χ2n) is 6.75. The molecule has 25 heavy (non-hydrogen) atoms. The fourth-order valence-corrected chi connectivity index (χ4v) is 3.03. The zero-order chi connectivity index (χ0) is 18.4. The molecule has 8 heteroatoms. The quantitative estimate of drug-likeness (QED) is 0.770. The summed E-state index contributed by atoms with van der Waals surface area (Å²) >= 11 is 0. The lowest BCUT2D eigenvalue weighted by Gasteiger charge is -2.24. The summed E-state index contributed by atoms with van der Waals surface area (Å²) in [5, 5.41) is 16.0. The van der Waals surface area contributed by atoms with Crippen LogP contribution in [0.1, 0.15) is 56.3 Å². The van der Waals surface area contributed by atoms with Gasteiger partial charge in [0.15, 0.2) is 0 Å². The smallest absolute Gasteiger partial charge is 0.323 e. The molecule has 2 N–H and O–H groups in total. The van der Waals surface area contributed by atoms with Crippen LogP contribution in [0.25, 0.3) is 0 Å². The zero-order valence-electron chi connectivity index (χ0n) is 14.8. The first-order valence-corrected chi connectivity index (χ1v) is 8.71. The van der Waals surface area contributed by atoms with Crippen LogP contribution in [0.5, 0.6) is 0 Å². The van der Waals surface area contributed by atoms with Crippen LogP contribution in [0.4, 0.5) is 0 Å². The summed E-state index contributed by atoms with van der Waals surface area (Å²) < 4.78 is 1.41. The van der Waals surface area contributed by atoms with Crippen molar-refractivity contribution in [2.24, 2.45) is 0 Å². The summed E-state index contributed by atoms with van der Waals surface area (Å²) in [5.41, 5.74) is 0.278. The minimum atomic E-state index is -1.07. The number of aromatic nitrogens is 2. The van der Waals surface area contributed by atoms with Gasteiger partial charge in [0.25, 0.3) is 5.91 Å². The van der Waals surface area contributed by atoms with Gasteiger partial charge in [0.2, 0.25) is 5.91 Å². The van der Waals surface area contributed by atoms with Crippen LogP contribution >= 0.6 is 0 Å². The third-order valence-corrected chi connectivity index (χ3v) is 4.35. The van der Waals surface area contributed by atoms with Crippen LogP contribution in [0.3, 0.4) is 0 Å². The van der Waals surface area contributed by atoms with Gasteiger partial charge in [-0.3, -0.25) is 19.1 Å². The maximum absolute atomic E-state index is 12.4. The van der Waals surface area contributed by atoms with E-state index in [1.807, 2.05) is 0 Å². The highest BCUT2D eigenvalue weighted by atomic mass is 16.4. The first-order valence-electron chi connectivity index (χ1n) is 8.71. The molecule has 1 aromatic rings. The van der Waals surface area contributed by atoms with Gasteiger partial charge in [0.05, 0.1) is 11.8 Å². The lowest BCUT2D eigenvalue weighted by molar-refractivity contribution is -0.138. The van der Waals surface area contributed by atoms with Crippen LogP contribution in [-0.4, -0.2) is 56.2 Å². The van der Waals surface area contributed by atoms with Gasteiger partial charge in [0, 0.05) is 18.3 Å². The van der Waals surface area contributed by atoms with Crippen molar-refractivity contribution in [1.29, 1.82) is 0 Å². The third-order valence-electron chi connectivity index (χ3n) is 4.35. The van der Waals surface area contributed by atoms with E-state index in [1.165, 1.54) is 28.4 Å². The van der Waals surface area contributed by atoms with Crippen molar-refractivity contribution < 1.29 is 19.5 Å². The summed E-state index contributed by atoms with van der Waals surface area (Å²) in [6.07, 6.45) is 8.37. The number of carboxylic acid groups (broad SMARTS) is 1. The van der Waals surface area contributed by atoms with Gasteiger partial charge in [0.1, 0.15) is 13.1 Å². The van der Waals surface area contributed by atoms with Gasteiger partial charge >= 0.3 is 5.97 Å². The summed E-state index contributed by atoms with van der Waals surface area (Å²) in [6.45, 7) is 3.18. The first kappa shape index (κ1) is 19.0. The summed E-state index contributed by atoms with van der Waals surface area (Å²) in [6, 6.07) is -0.0218. The van der Waals surface area contributed by atoms with E-state index in [0.29, 0.717) is 0 Å². The van der Waals surface area contributed by atoms with Gasteiger partial charge in [-0.1, -0.05) is 19.3 Å². The van der Waals surface area contributed by atoms with Crippen LogP contribution in [-0.2, 0) is 16.1 Å². The Hall–Kier alpha value is -2.38. The topological polar surface area (TPSA) is 105 Å². The van der Waals surface area contributed by atoms with Crippen molar-refractivity contribution in [1.82, 2.24) is 20.0 Å². The molecular formula is C17H26N4O4. The van der Waals surface area contributed by atoms with E-state index in [4.69, 9.17) is 5.11 Å². The van der Waals surface area contributed by atoms with Gasteiger partial charge < -0.3 is 15.3 Å². The highest BCUT2D eigenvalue weighted by Gasteiger charge is 2.23. The number of carboxylic acids is 1. The number of carbonyl (C=O) groups is 3. The first-order chi connectivity index (χ1) is 11.9. The van der Waals surface area contributed by atoms with Gasteiger partial charge in [-0.05, 0) is 26.7 Å². The fourth-order valence-electron chi connectivity index (χ4n) is 3.03. The molecule has 1 aliphatic rings. The maximum Gasteiger partial charge on any atom is 0.323 e. The molecule has 0 spiro atoms. The van der Waals surface area contributed by atoms with Crippen LogP contribution < -0.4 is 5.32 Å². The number of hydrogen-bond acceptors (Lipinski definition) is 4. The van der Waals surface area contributed by atoms with Crippen LogP contribution in [0, 0.1) is 0 Å². The van der Waals surface area contributed by atoms with Gasteiger partial charge in [-0.15, -0.1) is 0 Å². The van der Waals surface area contributed by atoms with E-state index in [1.54, 1.807) is 13.8 Å². The van der Waals surface area contributed by atoms with Gasteiger partial charge in [-0.25, -0.2) is 0 Å². The van der Waals surface area contributed by atoms with E-state index in [2.05, 4.69) is 10.4 Å². The molecule has 1 aromatic heterocycles. The summed E-state index contributed by atoms with van der Waals surface area (Å²) in [4.78, 5) is 36.7. The number of carbonyl (C=O) groups excluding carboxylic acids is 2. The molecule has 1 fully saturated rings. The van der Waals surface area contributed by atoms with Crippen molar-refractivity contribution in [3.05, 3.63) is 18.0 Å². The lowest BCUT2D eigenvalue weighted by atomic mass is 9.95. The molecule has 0 aliphatic heterocycles. The molecule has 0 unspecified atom stereocenters. The predicted molar refractivity (Wildman–Crippen MR) is 91.1 cm³/mol. The SMILES string of the molecule is CC(C)N(CC(=O)O)C(=O)c1cnn(CC(=O)NC2CCCCC2)c1. The number of nitrogens with one attached hydrogen (secondary N) is 1. The van der Waals surface area contributed by atoms with Crippen LogP contribution in [0.15, 0.2) is 12.4 Å². The van der Waals surface area contributed by atoms with E-state index in [9.17, 15) is 14.4 Å². The molecule has 0 bridgehead atoms. The Morgan fingerprint density at radius 3 is 2.60 bits per heavy atom. The largest absolute Gasteiger partial charge is 0.480 e. The van der Waals surface area contributed by atoms with E-state index < -0.39 is 11.9 Å². The van der Waals surface area contributed by atoms with E-state index in [-0.39, 0.29) is 36.6 Å². The monoisotopic (exact) mass is 350 g/mol.